The number of alkyl halides is 3. The molecule has 0 aliphatic heterocycles. The van der Waals surface area contributed by atoms with Gasteiger partial charge in [0.2, 0.25) is 0 Å². The van der Waals surface area contributed by atoms with Crippen molar-refractivity contribution in [3.05, 3.63) is 46.9 Å². The molecule has 1 aromatic carbocycles. The van der Waals surface area contributed by atoms with E-state index in [2.05, 4.69) is 20.4 Å². The fourth-order valence-corrected chi connectivity index (χ4v) is 3.03. The molecular formula is C18H19F3N5Y-. The minimum absolute atomic E-state index is 0. The van der Waals surface area contributed by atoms with Crippen molar-refractivity contribution >= 4 is 11.6 Å². The van der Waals surface area contributed by atoms with Crippen molar-refractivity contribution in [1.29, 1.82) is 0 Å². The molecule has 0 fully saturated rings. The first-order chi connectivity index (χ1) is 12.1. The molecule has 0 amide bonds. The first kappa shape index (κ1) is 21.8. The minimum atomic E-state index is -4.48. The van der Waals surface area contributed by atoms with Crippen LogP contribution < -0.4 is 5.32 Å². The summed E-state index contributed by atoms with van der Waals surface area (Å²) in [4.78, 5) is 8.39. The first-order valence-electron chi connectivity index (χ1n) is 8.06. The number of aryl methyl sites for hydroxylation is 2. The van der Waals surface area contributed by atoms with Crippen LogP contribution in [0.5, 0.6) is 0 Å². The molecule has 0 aliphatic rings. The molecule has 0 aliphatic carbocycles. The van der Waals surface area contributed by atoms with Gasteiger partial charge >= 0.3 is 0 Å². The Kier molecular flexibility index (Phi) is 6.31. The van der Waals surface area contributed by atoms with Crippen LogP contribution in [0, 0.1) is 41.2 Å². The molecule has 0 saturated heterocycles. The van der Waals surface area contributed by atoms with E-state index in [1.807, 2.05) is 33.8 Å². The Morgan fingerprint density at radius 3 is 2.33 bits per heavy atom. The number of anilines is 1. The van der Waals surface area contributed by atoms with Crippen molar-refractivity contribution in [2.45, 2.75) is 40.8 Å². The van der Waals surface area contributed by atoms with Gasteiger partial charge in [0.05, 0.1) is 5.69 Å². The molecule has 0 unspecified atom stereocenters. The average Bonchev–Trinajstić information content (AvgIpc) is 3.01. The summed E-state index contributed by atoms with van der Waals surface area (Å²) in [6.07, 6.45) is -3.21. The van der Waals surface area contributed by atoms with E-state index in [0.29, 0.717) is 11.3 Å². The monoisotopic (exact) mass is 451 g/mol. The molecule has 0 bridgehead atoms. The van der Waals surface area contributed by atoms with Crippen LogP contribution in [0.3, 0.4) is 0 Å². The summed E-state index contributed by atoms with van der Waals surface area (Å²) >= 11 is 0. The first-order valence-corrected chi connectivity index (χ1v) is 8.06. The van der Waals surface area contributed by atoms with Crippen LogP contribution in [0.2, 0.25) is 0 Å². The zero-order chi connectivity index (χ0) is 19.2. The molecule has 5 nitrogen and oxygen atoms in total. The van der Waals surface area contributed by atoms with Gasteiger partial charge in [0, 0.05) is 38.3 Å². The second-order valence-electron chi connectivity index (χ2n) is 6.34. The summed E-state index contributed by atoms with van der Waals surface area (Å²) in [6.45, 7) is 9.83. The Morgan fingerprint density at radius 2 is 1.70 bits per heavy atom. The van der Waals surface area contributed by atoms with E-state index in [0.717, 1.165) is 27.8 Å². The number of nitrogens with one attached hydrogen (secondary N) is 1. The maximum Gasteiger partial charge on any atom is 0.286 e. The Morgan fingerprint density at radius 1 is 1.04 bits per heavy atom. The molecular weight excluding hydrogens is 432 g/mol. The maximum absolute atomic E-state index is 12.8. The Bertz CT molecular complexity index is 995. The predicted octanol–water partition coefficient (Wildman–Crippen LogP) is 4.47. The number of rotatable bonds is 3. The zero-order valence-corrected chi connectivity index (χ0v) is 18.6. The van der Waals surface area contributed by atoms with Gasteiger partial charge in [0.1, 0.15) is 12.1 Å². The summed E-state index contributed by atoms with van der Waals surface area (Å²) < 4.78 is 39.6. The van der Waals surface area contributed by atoms with Gasteiger partial charge in [0.15, 0.2) is 0 Å². The van der Waals surface area contributed by atoms with E-state index in [1.54, 1.807) is 6.92 Å². The van der Waals surface area contributed by atoms with E-state index in [9.17, 15) is 13.2 Å². The van der Waals surface area contributed by atoms with Crippen molar-refractivity contribution in [2.24, 2.45) is 0 Å². The maximum atomic E-state index is 12.8. The Hall–Kier alpha value is -1.54. The summed E-state index contributed by atoms with van der Waals surface area (Å²) in [5, 5.41) is 6.40. The van der Waals surface area contributed by atoms with Gasteiger partial charge < -0.3 is 5.32 Å². The Labute approximate surface area is 180 Å². The number of benzene rings is 1. The number of nitrogens with zero attached hydrogens (tertiary/aromatic N) is 4. The van der Waals surface area contributed by atoms with Crippen molar-refractivity contribution in [2.75, 3.05) is 5.32 Å². The molecule has 3 aromatic rings. The minimum Gasteiger partial charge on any atom is -0.511 e. The third-order valence-corrected chi connectivity index (χ3v) is 4.73. The van der Waals surface area contributed by atoms with Crippen LogP contribution in [0.15, 0.2) is 12.4 Å². The van der Waals surface area contributed by atoms with Gasteiger partial charge in [-0.2, -0.15) is 14.6 Å². The largest absolute Gasteiger partial charge is 0.511 e. The number of halogens is 3. The second-order valence-corrected chi connectivity index (χ2v) is 6.34. The van der Waals surface area contributed by atoms with Crippen molar-refractivity contribution < 1.29 is 45.9 Å². The van der Waals surface area contributed by atoms with Crippen molar-refractivity contribution in [3.63, 3.8) is 0 Å². The van der Waals surface area contributed by atoms with Gasteiger partial charge in [-0.25, -0.2) is 18.2 Å². The number of hydrogen-bond acceptors (Lipinski definition) is 4. The summed E-state index contributed by atoms with van der Waals surface area (Å²) in [7, 11) is 0. The molecule has 2 aromatic heterocycles. The number of hydrogen-bond donors (Lipinski definition) is 1. The molecule has 0 saturated carbocycles. The summed E-state index contributed by atoms with van der Waals surface area (Å²) in [5.74, 6) is 0.426. The molecule has 1 N–H and O–H groups in total. The van der Waals surface area contributed by atoms with Gasteiger partial charge in [-0.1, -0.05) is 6.07 Å². The van der Waals surface area contributed by atoms with Crippen molar-refractivity contribution in [1.82, 2.24) is 19.6 Å². The molecule has 27 heavy (non-hydrogen) atoms. The Balaban J connectivity index is 0.00000261. The van der Waals surface area contributed by atoms with Gasteiger partial charge in [-0.05, 0) is 62.4 Å². The van der Waals surface area contributed by atoms with E-state index >= 15 is 0 Å². The van der Waals surface area contributed by atoms with E-state index in [1.165, 1.54) is 10.8 Å². The number of fused-ring (bicyclic) bond motifs is 1. The van der Waals surface area contributed by atoms with E-state index in [-0.39, 0.29) is 50.8 Å². The molecule has 0 atom stereocenters. The van der Waals surface area contributed by atoms with E-state index in [4.69, 9.17) is 0 Å². The fourth-order valence-electron chi connectivity index (χ4n) is 3.03. The van der Waals surface area contributed by atoms with Crippen LogP contribution in [0.1, 0.15) is 27.9 Å². The average molecular weight is 451 g/mol. The van der Waals surface area contributed by atoms with Crippen LogP contribution in [-0.4, -0.2) is 25.8 Å². The van der Waals surface area contributed by atoms with Gasteiger partial charge in [-0.3, -0.25) is 0 Å². The third-order valence-electron chi connectivity index (χ3n) is 4.73. The fraction of sp³-hybridized carbons (Fsp3) is 0.333. The van der Waals surface area contributed by atoms with Crippen molar-refractivity contribution in [3.8, 4) is 11.1 Å². The SMILES string of the molecule is Cc1cc(-c2c(C)nc3ncnn3c2N[CH-]C(F)(F)F)c(C)c(C)c1C.[Y]. The van der Waals surface area contributed by atoms with Gasteiger partial charge in [-0.15, -0.1) is 6.54 Å². The molecule has 0 spiro atoms. The quantitative estimate of drug-likeness (QED) is 0.598. The third kappa shape index (κ3) is 4.16. The van der Waals surface area contributed by atoms with Crippen LogP contribution in [0.4, 0.5) is 19.0 Å². The standard InChI is InChI=1S/C18H19F3N5.Y/c1-9-6-14(12(4)11(3)10(9)2)15-13(5)25-17-23-8-24-26(17)16(15)22-7-18(19,20)21;/h6-8,22H,1-5H3;/q-1;. The molecule has 141 valence electrons. The van der Waals surface area contributed by atoms with E-state index < -0.39 is 6.18 Å². The second kappa shape index (κ2) is 7.83. The van der Waals surface area contributed by atoms with Gasteiger partial charge in [0.25, 0.3) is 12.0 Å². The predicted molar refractivity (Wildman–Crippen MR) is 93.9 cm³/mol. The number of aromatic nitrogens is 4. The zero-order valence-electron chi connectivity index (χ0n) is 15.7. The molecule has 9 heteroatoms. The summed E-state index contributed by atoms with van der Waals surface area (Å²) in [6, 6.07) is 1.98. The molecule has 1 radical (unpaired) electrons. The normalized spacial score (nSPS) is 11.6. The smallest absolute Gasteiger partial charge is 0.286 e. The van der Waals surface area contributed by atoms with Crippen LogP contribution >= 0.6 is 0 Å². The molecule has 2 heterocycles. The van der Waals surface area contributed by atoms with Crippen LogP contribution in [0.25, 0.3) is 16.9 Å². The molecule has 3 rings (SSSR count). The van der Waals surface area contributed by atoms with Crippen LogP contribution in [-0.2, 0) is 32.7 Å². The summed E-state index contributed by atoms with van der Waals surface area (Å²) in [5.41, 5.74) is 6.30. The topological polar surface area (TPSA) is 55.1 Å².